The van der Waals surface area contributed by atoms with E-state index in [1.807, 2.05) is 0 Å². The first kappa shape index (κ1) is 13.7. The standard InChI is InChI=1S/C12H9F2N3O3/c1-17-11(10(15)19)16-8(12(17)20)4-5-2-6(13)9(18)7(14)3-5/h2-4,18H,1H3,(H2,15,19)/b8-4-. The van der Waals surface area contributed by atoms with E-state index in [2.05, 4.69) is 4.99 Å². The maximum atomic E-state index is 13.2. The fraction of sp³-hybridized carbons (Fsp3) is 0.0833. The summed E-state index contributed by atoms with van der Waals surface area (Å²) in [5.74, 6) is -5.24. The van der Waals surface area contributed by atoms with Gasteiger partial charge < -0.3 is 10.8 Å². The monoisotopic (exact) mass is 281 g/mol. The second-order valence-electron chi connectivity index (χ2n) is 4.03. The minimum atomic E-state index is -1.17. The lowest BCUT2D eigenvalue weighted by Crippen LogP contribution is -2.37. The van der Waals surface area contributed by atoms with E-state index < -0.39 is 29.2 Å². The number of hydrogen-bond acceptors (Lipinski definition) is 4. The zero-order chi connectivity index (χ0) is 15.0. The molecule has 0 atom stereocenters. The average Bonchev–Trinajstić information content (AvgIpc) is 2.64. The number of carbonyl (C=O) groups is 2. The van der Waals surface area contributed by atoms with Crippen LogP contribution in [0.2, 0.25) is 0 Å². The zero-order valence-corrected chi connectivity index (χ0v) is 10.2. The highest BCUT2D eigenvalue weighted by Gasteiger charge is 2.30. The number of rotatable bonds is 2. The second-order valence-corrected chi connectivity index (χ2v) is 4.03. The van der Waals surface area contributed by atoms with Crippen LogP contribution in [0, 0.1) is 11.6 Å². The van der Waals surface area contributed by atoms with Gasteiger partial charge in [0.15, 0.2) is 17.4 Å². The molecule has 1 aliphatic rings. The van der Waals surface area contributed by atoms with Crippen molar-refractivity contribution in [1.82, 2.24) is 4.90 Å². The number of aromatic hydroxyl groups is 1. The summed E-state index contributed by atoms with van der Waals surface area (Å²) < 4.78 is 26.3. The lowest BCUT2D eigenvalue weighted by Gasteiger charge is -2.07. The van der Waals surface area contributed by atoms with Crippen molar-refractivity contribution in [3.63, 3.8) is 0 Å². The Labute approximate surface area is 111 Å². The summed E-state index contributed by atoms with van der Waals surface area (Å²) in [5, 5.41) is 8.97. The number of phenols is 1. The molecule has 0 saturated heterocycles. The number of nitrogens with two attached hydrogens (primary N) is 1. The second kappa shape index (κ2) is 4.72. The molecule has 0 fully saturated rings. The molecule has 6 nitrogen and oxygen atoms in total. The molecule has 1 aliphatic heterocycles. The molecule has 0 aliphatic carbocycles. The molecule has 0 saturated carbocycles. The summed E-state index contributed by atoms with van der Waals surface area (Å²) in [5.41, 5.74) is 4.82. The van der Waals surface area contributed by atoms with E-state index in [9.17, 15) is 18.4 Å². The summed E-state index contributed by atoms with van der Waals surface area (Å²) in [7, 11) is 1.30. The van der Waals surface area contributed by atoms with Crippen molar-refractivity contribution in [3.8, 4) is 5.75 Å². The van der Waals surface area contributed by atoms with Crippen molar-refractivity contribution in [2.45, 2.75) is 0 Å². The zero-order valence-electron chi connectivity index (χ0n) is 10.2. The number of likely N-dealkylation sites (N-methyl/N-ethyl adjacent to an activating group) is 1. The Kier molecular flexibility index (Phi) is 3.23. The van der Waals surface area contributed by atoms with Gasteiger partial charge in [-0.2, -0.15) is 0 Å². The Morgan fingerprint density at radius 3 is 2.40 bits per heavy atom. The third-order valence-corrected chi connectivity index (χ3v) is 2.63. The maximum absolute atomic E-state index is 13.2. The quantitative estimate of drug-likeness (QED) is 0.766. The van der Waals surface area contributed by atoms with Crippen LogP contribution < -0.4 is 5.73 Å². The fourth-order valence-electron chi connectivity index (χ4n) is 1.65. The molecule has 0 spiro atoms. The number of phenolic OH excluding ortho intramolecular Hbond substituents is 1. The minimum Gasteiger partial charge on any atom is -0.503 e. The van der Waals surface area contributed by atoms with Crippen molar-refractivity contribution in [1.29, 1.82) is 0 Å². The van der Waals surface area contributed by atoms with E-state index in [-0.39, 0.29) is 17.1 Å². The Balaban J connectivity index is 2.46. The molecule has 104 valence electrons. The molecule has 20 heavy (non-hydrogen) atoms. The van der Waals surface area contributed by atoms with Crippen molar-refractivity contribution >= 4 is 23.7 Å². The van der Waals surface area contributed by atoms with Gasteiger partial charge in [0.2, 0.25) is 5.84 Å². The van der Waals surface area contributed by atoms with Crippen LogP contribution in [0.4, 0.5) is 8.78 Å². The van der Waals surface area contributed by atoms with Crippen LogP contribution in [0.3, 0.4) is 0 Å². The molecule has 0 aromatic heterocycles. The molecular formula is C12H9F2N3O3. The van der Waals surface area contributed by atoms with E-state index in [4.69, 9.17) is 10.8 Å². The van der Waals surface area contributed by atoms with Gasteiger partial charge in [-0.15, -0.1) is 0 Å². The third-order valence-electron chi connectivity index (χ3n) is 2.63. The number of halogens is 2. The van der Waals surface area contributed by atoms with E-state index >= 15 is 0 Å². The van der Waals surface area contributed by atoms with Crippen LogP contribution in [0.1, 0.15) is 5.56 Å². The Bertz CT molecular complexity index is 660. The molecule has 1 aromatic rings. The first-order valence-corrected chi connectivity index (χ1v) is 5.37. The van der Waals surface area contributed by atoms with Gasteiger partial charge in [0.05, 0.1) is 0 Å². The van der Waals surface area contributed by atoms with Crippen molar-refractivity contribution in [3.05, 3.63) is 35.0 Å². The van der Waals surface area contributed by atoms with Crippen molar-refractivity contribution < 1.29 is 23.5 Å². The highest BCUT2D eigenvalue weighted by Crippen LogP contribution is 2.24. The highest BCUT2D eigenvalue weighted by atomic mass is 19.1. The predicted octanol–water partition coefficient (Wildman–Crippen LogP) is 0.367. The first-order valence-electron chi connectivity index (χ1n) is 5.37. The van der Waals surface area contributed by atoms with Gasteiger partial charge in [-0.05, 0) is 23.8 Å². The lowest BCUT2D eigenvalue weighted by atomic mass is 10.1. The molecule has 2 rings (SSSR count). The fourth-order valence-corrected chi connectivity index (χ4v) is 1.65. The molecule has 1 aromatic carbocycles. The smallest absolute Gasteiger partial charge is 0.284 e. The largest absolute Gasteiger partial charge is 0.503 e. The number of hydrogen-bond donors (Lipinski definition) is 2. The normalized spacial score (nSPS) is 16.8. The Morgan fingerprint density at radius 1 is 1.40 bits per heavy atom. The maximum Gasteiger partial charge on any atom is 0.284 e. The number of nitrogens with zero attached hydrogens (tertiary/aromatic N) is 2. The van der Waals surface area contributed by atoms with Gasteiger partial charge in [0, 0.05) is 7.05 Å². The van der Waals surface area contributed by atoms with Gasteiger partial charge >= 0.3 is 0 Å². The van der Waals surface area contributed by atoms with Gasteiger partial charge in [0.1, 0.15) is 5.70 Å². The summed E-state index contributed by atoms with van der Waals surface area (Å²) in [6.45, 7) is 0. The number of carbonyl (C=O) groups excluding carboxylic acids is 2. The summed E-state index contributed by atoms with van der Waals surface area (Å²) in [4.78, 5) is 27.4. The van der Waals surface area contributed by atoms with E-state index in [0.717, 1.165) is 23.1 Å². The van der Waals surface area contributed by atoms with Crippen LogP contribution in [-0.4, -0.2) is 34.7 Å². The van der Waals surface area contributed by atoms with Crippen molar-refractivity contribution in [2.24, 2.45) is 10.7 Å². The molecule has 1 heterocycles. The van der Waals surface area contributed by atoms with Crippen LogP contribution in [0.25, 0.3) is 6.08 Å². The predicted molar refractivity (Wildman–Crippen MR) is 65.4 cm³/mol. The molecule has 2 amide bonds. The van der Waals surface area contributed by atoms with Gasteiger partial charge in [-0.3, -0.25) is 14.5 Å². The number of aliphatic imine (C=N–C) groups is 1. The summed E-state index contributed by atoms with van der Waals surface area (Å²) in [6, 6.07) is 1.66. The van der Waals surface area contributed by atoms with Crippen LogP contribution >= 0.6 is 0 Å². The van der Waals surface area contributed by atoms with E-state index in [1.165, 1.54) is 7.05 Å². The van der Waals surface area contributed by atoms with E-state index in [1.54, 1.807) is 0 Å². The molecule has 3 N–H and O–H groups in total. The third kappa shape index (κ3) is 2.22. The van der Waals surface area contributed by atoms with Gasteiger partial charge in [0.25, 0.3) is 11.8 Å². The number of primary amides is 1. The summed E-state index contributed by atoms with van der Waals surface area (Å²) in [6.07, 6.45) is 1.08. The molecule has 0 bridgehead atoms. The topological polar surface area (TPSA) is 96.0 Å². The number of benzene rings is 1. The number of amidine groups is 1. The number of amides is 2. The Morgan fingerprint density at radius 2 is 1.95 bits per heavy atom. The van der Waals surface area contributed by atoms with Gasteiger partial charge in [-0.1, -0.05) is 0 Å². The van der Waals surface area contributed by atoms with Crippen LogP contribution in [-0.2, 0) is 9.59 Å². The molecule has 0 radical (unpaired) electrons. The lowest BCUT2D eigenvalue weighted by molar-refractivity contribution is -0.123. The van der Waals surface area contributed by atoms with Gasteiger partial charge in [-0.25, -0.2) is 13.8 Å². The molecule has 8 heteroatoms. The van der Waals surface area contributed by atoms with E-state index in [0.29, 0.717) is 0 Å². The van der Waals surface area contributed by atoms with Crippen LogP contribution in [0.15, 0.2) is 22.8 Å². The average molecular weight is 281 g/mol. The highest BCUT2D eigenvalue weighted by molar-refractivity contribution is 6.43. The first-order chi connectivity index (χ1) is 9.31. The SMILES string of the molecule is CN1C(=O)/C(=C/c2cc(F)c(O)c(F)c2)N=C1C(N)=O. The molecular weight excluding hydrogens is 272 g/mol. The minimum absolute atomic E-state index is 0.0241. The Hall–Kier alpha value is -2.77. The summed E-state index contributed by atoms with van der Waals surface area (Å²) >= 11 is 0. The van der Waals surface area contributed by atoms with Crippen molar-refractivity contribution in [2.75, 3.05) is 7.05 Å². The van der Waals surface area contributed by atoms with Crippen LogP contribution in [0.5, 0.6) is 5.75 Å². The molecule has 0 unspecified atom stereocenters.